The molecule has 0 saturated heterocycles. The number of amides is 1. The summed E-state index contributed by atoms with van der Waals surface area (Å²) in [6.07, 6.45) is 3.70. The molecule has 0 aliphatic carbocycles. The van der Waals surface area contributed by atoms with Gasteiger partial charge in [-0.05, 0) is 17.7 Å². The fourth-order valence-electron chi connectivity index (χ4n) is 3.05. The lowest BCUT2D eigenvalue weighted by atomic mass is 9.90. The van der Waals surface area contributed by atoms with Crippen molar-refractivity contribution < 1.29 is 4.79 Å². The second-order valence-electron chi connectivity index (χ2n) is 6.61. The van der Waals surface area contributed by atoms with Crippen molar-refractivity contribution in [1.29, 1.82) is 0 Å². The second kappa shape index (κ2) is 8.66. The zero-order valence-corrected chi connectivity index (χ0v) is 17.5. The minimum atomic E-state index is -1.25. The number of hydrogen-bond acceptors (Lipinski definition) is 9. The van der Waals surface area contributed by atoms with Crippen molar-refractivity contribution >= 4 is 33.7 Å². The molecule has 8 nitrogen and oxygen atoms in total. The first-order chi connectivity index (χ1) is 14.6. The predicted molar refractivity (Wildman–Crippen MR) is 118 cm³/mol. The van der Waals surface area contributed by atoms with E-state index in [9.17, 15) is 4.79 Å². The molecule has 1 amide bonds. The quantitative estimate of drug-likeness (QED) is 0.385. The summed E-state index contributed by atoms with van der Waals surface area (Å²) in [6, 6.07) is 13.4. The van der Waals surface area contributed by atoms with Gasteiger partial charge in [0, 0.05) is 36.3 Å². The van der Waals surface area contributed by atoms with Crippen LogP contribution in [0.25, 0.3) is 10.6 Å². The number of nitrogens with two attached hydrogens (primary N) is 2. The molecule has 10 heteroatoms. The zero-order valence-electron chi connectivity index (χ0n) is 15.9. The van der Waals surface area contributed by atoms with Crippen LogP contribution in [0.3, 0.4) is 0 Å². The van der Waals surface area contributed by atoms with Gasteiger partial charge >= 0.3 is 0 Å². The zero-order chi connectivity index (χ0) is 21.0. The number of primary amides is 1. The van der Waals surface area contributed by atoms with Crippen molar-refractivity contribution in [1.82, 2.24) is 25.5 Å². The summed E-state index contributed by atoms with van der Waals surface area (Å²) in [5, 5.41) is 15.4. The smallest absolute Gasteiger partial charge is 0.245 e. The molecule has 1 aromatic carbocycles. The van der Waals surface area contributed by atoms with Gasteiger partial charge in [0.05, 0.1) is 5.69 Å². The van der Waals surface area contributed by atoms with Gasteiger partial charge in [0.2, 0.25) is 5.91 Å². The molecular weight excluding hydrogens is 418 g/mol. The van der Waals surface area contributed by atoms with Crippen LogP contribution >= 0.6 is 22.7 Å². The van der Waals surface area contributed by atoms with Gasteiger partial charge < -0.3 is 11.5 Å². The third-order valence-corrected chi connectivity index (χ3v) is 6.45. The molecule has 0 fully saturated rings. The lowest BCUT2D eigenvalue weighted by Crippen LogP contribution is -2.54. The van der Waals surface area contributed by atoms with Crippen LogP contribution in [-0.4, -0.2) is 26.1 Å². The van der Waals surface area contributed by atoms with Crippen LogP contribution in [0, 0.1) is 0 Å². The lowest BCUT2D eigenvalue weighted by Gasteiger charge is -2.29. The van der Waals surface area contributed by atoms with Crippen molar-refractivity contribution in [3.05, 3.63) is 76.5 Å². The van der Waals surface area contributed by atoms with Gasteiger partial charge in [-0.2, -0.15) is 0 Å². The number of thiazole rings is 1. The van der Waals surface area contributed by atoms with Gasteiger partial charge in [0.1, 0.15) is 10.0 Å². The number of hydrogen-bond donors (Lipinski definition) is 3. The molecule has 0 radical (unpaired) electrons. The van der Waals surface area contributed by atoms with Crippen molar-refractivity contribution in [2.75, 3.05) is 5.73 Å². The first-order valence-corrected chi connectivity index (χ1v) is 10.8. The van der Waals surface area contributed by atoms with E-state index in [1.807, 2.05) is 47.8 Å². The minimum absolute atomic E-state index is 0.313. The number of carbonyl (C=O) groups is 1. The van der Waals surface area contributed by atoms with Crippen LogP contribution in [0.5, 0.6) is 0 Å². The maximum Gasteiger partial charge on any atom is 0.245 e. The highest BCUT2D eigenvalue weighted by Gasteiger charge is 2.42. The normalized spacial score (nSPS) is 13.1. The average Bonchev–Trinajstić information content (AvgIpc) is 3.42. The molecule has 4 rings (SSSR count). The van der Waals surface area contributed by atoms with Gasteiger partial charge in [-0.15, -0.1) is 21.5 Å². The summed E-state index contributed by atoms with van der Waals surface area (Å²) in [4.78, 5) is 21.1. The van der Waals surface area contributed by atoms with Crippen molar-refractivity contribution in [3.63, 3.8) is 0 Å². The van der Waals surface area contributed by atoms with E-state index in [4.69, 9.17) is 11.5 Å². The summed E-state index contributed by atoms with van der Waals surface area (Å²) in [5.74, 6) is -0.535. The van der Waals surface area contributed by atoms with Gasteiger partial charge in [0.25, 0.3) is 0 Å². The van der Waals surface area contributed by atoms with Crippen molar-refractivity contribution in [3.8, 4) is 10.6 Å². The SMILES string of the molecule is NC(=O)[C@](Cc1ccccc1)(NCc1csc(N)n1)c1nnc(-c2ccncc2)s1. The Bertz CT molecular complexity index is 1130. The molecule has 152 valence electrons. The van der Waals surface area contributed by atoms with Gasteiger partial charge in [-0.3, -0.25) is 15.1 Å². The van der Waals surface area contributed by atoms with E-state index in [1.165, 1.54) is 22.7 Å². The Labute approximate surface area is 181 Å². The molecule has 0 saturated carbocycles. The standard InChI is InChI=1S/C20H19N7OS2/c21-17(28)20(10-13-4-2-1-3-5-13,24-11-15-12-29-19(22)25-15)18-27-26-16(30-18)14-6-8-23-9-7-14/h1-9,12,24H,10-11H2,(H2,21,28)(H2,22,25)/t20-/m0/s1. The number of nitrogen functional groups attached to an aromatic ring is 1. The molecule has 3 heterocycles. The van der Waals surface area contributed by atoms with Crippen LogP contribution in [0.15, 0.2) is 60.2 Å². The Morgan fingerprint density at radius 3 is 2.53 bits per heavy atom. The van der Waals surface area contributed by atoms with Crippen molar-refractivity contribution in [2.24, 2.45) is 5.73 Å². The molecule has 0 aliphatic rings. The molecule has 3 aromatic heterocycles. The van der Waals surface area contributed by atoms with Crippen LogP contribution in [-0.2, 0) is 23.3 Å². The number of carbonyl (C=O) groups excluding carboxylic acids is 1. The van der Waals surface area contributed by atoms with Crippen LogP contribution in [0.2, 0.25) is 0 Å². The first-order valence-electron chi connectivity index (χ1n) is 9.10. The Morgan fingerprint density at radius 1 is 1.10 bits per heavy atom. The second-order valence-corrected chi connectivity index (χ2v) is 8.48. The number of anilines is 1. The number of rotatable bonds is 8. The summed E-state index contributed by atoms with van der Waals surface area (Å²) < 4.78 is 0. The Hall–Kier alpha value is -3.21. The average molecular weight is 438 g/mol. The molecule has 0 unspecified atom stereocenters. The fraction of sp³-hybridized carbons (Fsp3) is 0.150. The maximum absolute atomic E-state index is 12.8. The number of aromatic nitrogens is 4. The van der Waals surface area contributed by atoms with Crippen molar-refractivity contribution in [2.45, 2.75) is 18.5 Å². The van der Waals surface area contributed by atoms with Crippen LogP contribution < -0.4 is 16.8 Å². The highest BCUT2D eigenvalue weighted by molar-refractivity contribution is 7.15. The lowest BCUT2D eigenvalue weighted by molar-refractivity contribution is -0.125. The summed E-state index contributed by atoms with van der Waals surface area (Å²) in [6.45, 7) is 0.313. The molecule has 5 N–H and O–H groups in total. The number of pyridine rings is 1. The summed E-state index contributed by atoms with van der Waals surface area (Å²) >= 11 is 2.67. The van der Waals surface area contributed by atoms with E-state index in [1.54, 1.807) is 12.4 Å². The third-order valence-electron chi connectivity index (χ3n) is 4.59. The van der Waals surface area contributed by atoms with E-state index in [0.717, 1.165) is 16.8 Å². The highest BCUT2D eigenvalue weighted by Crippen LogP contribution is 2.33. The van der Waals surface area contributed by atoms with Gasteiger partial charge in [-0.1, -0.05) is 41.7 Å². The molecule has 0 aliphatic heterocycles. The van der Waals surface area contributed by atoms with Crippen LogP contribution in [0.1, 0.15) is 16.3 Å². The van der Waals surface area contributed by atoms with Gasteiger partial charge in [-0.25, -0.2) is 4.98 Å². The van der Waals surface area contributed by atoms with Crippen LogP contribution in [0.4, 0.5) is 5.13 Å². The number of benzene rings is 1. The maximum atomic E-state index is 12.8. The monoisotopic (exact) mass is 437 g/mol. The van der Waals surface area contributed by atoms with Gasteiger partial charge in [0.15, 0.2) is 10.7 Å². The molecule has 0 bridgehead atoms. The number of nitrogens with zero attached hydrogens (tertiary/aromatic N) is 4. The molecule has 1 atom stereocenters. The Morgan fingerprint density at radius 2 is 1.87 bits per heavy atom. The third kappa shape index (κ3) is 4.20. The highest BCUT2D eigenvalue weighted by atomic mass is 32.1. The summed E-state index contributed by atoms with van der Waals surface area (Å²) in [7, 11) is 0. The predicted octanol–water partition coefficient (Wildman–Crippen LogP) is 2.35. The first kappa shape index (κ1) is 20.1. The fourth-order valence-corrected chi connectivity index (χ4v) is 4.63. The number of nitrogens with one attached hydrogen (secondary N) is 1. The molecular formula is C20H19N7OS2. The Balaban J connectivity index is 1.73. The van der Waals surface area contributed by atoms with E-state index in [-0.39, 0.29) is 0 Å². The summed E-state index contributed by atoms with van der Waals surface area (Å²) in [5.41, 5.74) is 13.0. The minimum Gasteiger partial charge on any atom is -0.375 e. The van der Waals surface area contributed by atoms with E-state index in [0.29, 0.717) is 28.1 Å². The molecule has 30 heavy (non-hydrogen) atoms. The topological polar surface area (TPSA) is 133 Å². The largest absolute Gasteiger partial charge is 0.375 e. The molecule has 4 aromatic rings. The molecule has 0 spiro atoms. The van der Waals surface area contributed by atoms with E-state index < -0.39 is 11.4 Å². The Kier molecular flexibility index (Phi) is 5.79. The van der Waals surface area contributed by atoms with E-state index >= 15 is 0 Å². The van der Waals surface area contributed by atoms with E-state index in [2.05, 4.69) is 25.5 Å².